The number of unbranched alkanes of at least 4 members (excludes halogenated alkanes) is 3. The second-order valence-electron chi connectivity index (χ2n) is 5.42. The van der Waals surface area contributed by atoms with Gasteiger partial charge in [0.15, 0.2) is 5.69 Å². The van der Waals surface area contributed by atoms with Gasteiger partial charge in [-0.3, -0.25) is 4.98 Å². The SMILES string of the molecule is CCCCCCOC(=O)c1c(F)ncn1[C@H](C)c1ccccn1. The van der Waals surface area contributed by atoms with Crippen LogP contribution in [-0.2, 0) is 4.74 Å². The summed E-state index contributed by atoms with van der Waals surface area (Å²) in [4.78, 5) is 20.0. The quantitative estimate of drug-likeness (QED) is 0.549. The molecular formula is C17H22FN3O2. The Bertz CT molecular complexity index is 628. The lowest BCUT2D eigenvalue weighted by Crippen LogP contribution is -2.18. The van der Waals surface area contributed by atoms with E-state index in [1.54, 1.807) is 12.3 Å². The Balaban J connectivity index is 2.07. The fourth-order valence-electron chi connectivity index (χ4n) is 2.35. The molecule has 23 heavy (non-hydrogen) atoms. The van der Waals surface area contributed by atoms with Crippen LogP contribution in [0.15, 0.2) is 30.7 Å². The van der Waals surface area contributed by atoms with E-state index >= 15 is 0 Å². The summed E-state index contributed by atoms with van der Waals surface area (Å²) in [6.07, 6.45) is 6.95. The molecule has 1 atom stereocenters. The number of hydrogen-bond acceptors (Lipinski definition) is 4. The number of nitrogens with zero attached hydrogens (tertiary/aromatic N) is 3. The van der Waals surface area contributed by atoms with E-state index in [1.165, 1.54) is 10.9 Å². The van der Waals surface area contributed by atoms with Crippen molar-refractivity contribution in [2.45, 2.75) is 45.6 Å². The van der Waals surface area contributed by atoms with E-state index in [1.807, 2.05) is 19.1 Å². The molecule has 0 radical (unpaired) electrons. The third-order valence-corrected chi connectivity index (χ3v) is 3.71. The van der Waals surface area contributed by atoms with Crippen molar-refractivity contribution in [3.05, 3.63) is 48.1 Å². The van der Waals surface area contributed by atoms with Crippen molar-refractivity contribution in [3.8, 4) is 0 Å². The molecule has 0 aromatic carbocycles. The molecule has 0 aliphatic carbocycles. The van der Waals surface area contributed by atoms with Crippen LogP contribution in [0.2, 0.25) is 0 Å². The minimum absolute atomic E-state index is 0.154. The molecule has 0 aliphatic rings. The summed E-state index contributed by atoms with van der Waals surface area (Å²) in [7, 11) is 0. The Kier molecular flexibility index (Phi) is 6.26. The van der Waals surface area contributed by atoms with Gasteiger partial charge in [0.25, 0.3) is 0 Å². The molecule has 2 aromatic rings. The van der Waals surface area contributed by atoms with Crippen molar-refractivity contribution in [2.24, 2.45) is 0 Å². The second-order valence-corrected chi connectivity index (χ2v) is 5.42. The summed E-state index contributed by atoms with van der Waals surface area (Å²) >= 11 is 0. The van der Waals surface area contributed by atoms with Crippen LogP contribution in [0, 0.1) is 5.95 Å². The lowest BCUT2D eigenvalue weighted by Gasteiger charge is -2.15. The third-order valence-electron chi connectivity index (χ3n) is 3.71. The van der Waals surface area contributed by atoms with Crippen LogP contribution >= 0.6 is 0 Å². The van der Waals surface area contributed by atoms with E-state index in [4.69, 9.17) is 4.74 Å². The normalized spacial score (nSPS) is 12.1. The molecule has 2 rings (SSSR count). The van der Waals surface area contributed by atoms with Crippen molar-refractivity contribution in [1.82, 2.24) is 14.5 Å². The van der Waals surface area contributed by atoms with E-state index in [0.29, 0.717) is 6.61 Å². The number of esters is 1. The van der Waals surface area contributed by atoms with Gasteiger partial charge in [-0.25, -0.2) is 9.78 Å². The molecule has 0 bridgehead atoms. The molecule has 5 nitrogen and oxygen atoms in total. The maximum absolute atomic E-state index is 13.9. The molecule has 0 aliphatic heterocycles. The molecule has 0 N–H and O–H groups in total. The molecule has 2 heterocycles. The van der Waals surface area contributed by atoms with Gasteiger partial charge in [-0.2, -0.15) is 4.39 Å². The first-order valence-corrected chi connectivity index (χ1v) is 7.95. The second kappa shape index (κ2) is 8.41. The number of carbonyl (C=O) groups excluding carboxylic acids is 1. The van der Waals surface area contributed by atoms with Crippen molar-refractivity contribution >= 4 is 5.97 Å². The minimum atomic E-state index is -0.814. The summed E-state index contributed by atoms with van der Waals surface area (Å²) in [5.41, 5.74) is 0.570. The summed E-state index contributed by atoms with van der Waals surface area (Å²) in [5.74, 6) is -1.49. The average Bonchev–Trinajstić information content (AvgIpc) is 2.96. The van der Waals surface area contributed by atoms with Gasteiger partial charge >= 0.3 is 5.97 Å². The molecular weight excluding hydrogens is 297 g/mol. The highest BCUT2D eigenvalue weighted by atomic mass is 19.1. The molecule has 0 saturated carbocycles. The highest BCUT2D eigenvalue weighted by Crippen LogP contribution is 2.20. The van der Waals surface area contributed by atoms with Crippen LogP contribution in [0.1, 0.15) is 61.8 Å². The van der Waals surface area contributed by atoms with Gasteiger partial charge in [0, 0.05) is 6.20 Å². The Morgan fingerprint density at radius 2 is 2.13 bits per heavy atom. The maximum atomic E-state index is 13.9. The largest absolute Gasteiger partial charge is 0.461 e. The van der Waals surface area contributed by atoms with Crippen LogP contribution in [0.3, 0.4) is 0 Å². The number of imidazole rings is 1. The van der Waals surface area contributed by atoms with Gasteiger partial charge in [-0.05, 0) is 25.5 Å². The Morgan fingerprint density at radius 1 is 1.30 bits per heavy atom. The standard InChI is InChI=1S/C17H22FN3O2/c1-3-4-5-8-11-23-17(22)15-16(18)20-12-21(15)13(2)14-9-6-7-10-19-14/h6-7,9-10,12-13H,3-5,8,11H2,1-2H3/t13-/m1/s1. The maximum Gasteiger partial charge on any atom is 0.359 e. The summed E-state index contributed by atoms with van der Waals surface area (Å²) in [6, 6.07) is 5.16. The number of pyridine rings is 1. The number of carbonyl (C=O) groups is 1. The summed E-state index contributed by atoms with van der Waals surface area (Å²) in [5, 5.41) is 0. The van der Waals surface area contributed by atoms with E-state index in [0.717, 1.165) is 31.4 Å². The average molecular weight is 319 g/mol. The molecule has 0 saturated heterocycles. The van der Waals surface area contributed by atoms with Gasteiger partial charge in [-0.15, -0.1) is 0 Å². The Morgan fingerprint density at radius 3 is 2.83 bits per heavy atom. The first-order chi connectivity index (χ1) is 11.1. The van der Waals surface area contributed by atoms with Gasteiger partial charge in [0.1, 0.15) is 0 Å². The van der Waals surface area contributed by atoms with E-state index < -0.39 is 11.9 Å². The van der Waals surface area contributed by atoms with Crippen LogP contribution in [0.5, 0.6) is 0 Å². The zero-order chi connectivity index (χ0) is 16.7. The number of hydrogen-bond donors (Lipinski definition) is 0. The van der Waals surface area contributed by atoms with Gasteiger partial charge in [0.2, 0.25) is 5.95 Å². The number of halogens is 1. The van der Waals surface area contributed by atoms with E-state index in [-0.39, 0.29) is 11.7 Å². The summed E-state index contributed by atoms with van der Waals surface area (Å²) in [6.45, 7) is 4.24. The van der Waals surface area contributed by atoms with Crippen molar-refractivity contribution < 1.29 is 13.9 Å². The van der Waals surface area contributed by atoms with Crippen molar-refractivity contribution in [3.63, 3.8) is 0 Å². The van der Waals surface area contributed by atoms with E-state index in [9.17, 15) is 9.18 Å². The highest BCUT2D eigenvalue weighted by molar-refractivity contribution is 5.87. The first-order valence-electron chi connectivity index (χ1n) is 7.95. The fraction of sp³-hybridized carbons (Fsp3) is 0.471. The van der Waals surface area contributed by atoms with Gasteiger partial charge in [0.05, 0.1) is 24.7 Å². The number of aromatic nitrogens is 3. The molecule has 6 heteroatoms. The molecule has 0 fully saturated rings. The Labute approximate surface area is 135 Å². The lowest BCUT2D eigenvalue weighted by molar-refractivity contribution is 0.0478. The van der Waals surface area contributed by atoms with Crippen LogP contribution in [-0.4, -0.2) is 27.1 Å². The monoisotopic (exact) mass is 319 g/mol. The van der Waals surface area contributed by atoms with Crippen molar-refractivity contribution in [1.29, 1.82) is 0 Å². The zero-order valence-corrected chi connectivity index (χ0v) is 13.5. The zero-order valence-electron chi connectivity index (χ0n) is 13.5. The lowest BCUT2D eigenvalue weighted by atomic mass is 10.2. The topological polar surface area (TPSA) is 57.0 Å². The summed E-state index contributed by atoms with van der Waals surface area (Å²) < 4.78 is 20.6. The Hall–Kier alpha value is -2.24. The minimum Gasteiger partial charge on any atom is -0.461 e. The van der Waals surface area contributed by atoms with Crippen molar-refractivity contribution in [2.75, 3.05) is 6.61 Å². The van der Waals surface area contributed by atoms with Crippen LogP contribution < -0.4 is 0 Å². The van der Waals surface area contributed by atoms with Gasteiger partial charge in [-0.1, -0.05) is 32.3 Å². The molecule has 0 amide bonds. The smallest absolute Gasteiger partial charge is 0.359 e. The van der Waals surface area contributed by atoms with E-state index in [2.05, 4.69) is 16.9 Å². The predicted octanol–water partition coefficient (Wildman–Crippen LogP) is 3.76. The molecule has 124 valence electrons. The van der Waals surface area contributed by atoms with Gasteiger partial charge < -0.3 is 9.30 Å². The predicted molar refractivity (Wildman–Crippen MR) is 84.7 cm³/mol. The third kappa shape index (κ3) is 4.37. The molecule has 0 unspecified atom stereocenters. The molecule has 0 spiro atoms. The number of rotatable bonds is 8. The van der Waals surface area contributed by atoms with Crippen LogP contribution in [0.25, 0.3) is 0 Å². The molecule has 2 aromatic heterocycles. The first kappa shape index (κ1) is 17.1. The number of ether oxygens (including phenoxy) is 1. The van der Waals surface area contributed by atoms with Crippen LogP contribution in [0.4, 0.5) is 4.39 Å². The highest BCUT2D eigenvalue weighted by Gasteiger charge is 2.24. The fourth-order valence-corrected chi connectivity index (χ4v) is 2.35.